The molecule has 2 amide bonds. The third kappa shape index (κ3) is 6.15. The van der Waals surface area contributed by atoms with Crippen molar-refractivity contribution in [3.05, 3.63) is 126 Å². The summed E-state index contributed by atoms with van der Waals surface area (Å²) in [7, 11) is 0. The SMILES string of the molecule is O=C(COc1ccc(/C=C2/SC(=Nc3ccccc3)N(c3ccccc3)C2=O)cc1)Nc1ccccc1. The third-order valence-electron chi connectivity index (χ3n) is 5.41. The monoisotopic (exact) mass is 505 g/mol. The number of hydrogen-bond donors (Lipinski definition) is 1. The van der Waals surface area contributed by atoms with Crippen LogP contribution in [0.15, 0.2) is 125 Å². The van der Waals surface area contributed by atoms with Crippen molar-refractivity contribution in [3.8, 4) is 5.75 Å². The first-order valence-corrected chi connectivity index (χ1v) is 12.5. The van der Waals surface area contributed by atoms with E-state index >= 15 is 0 Å². The summed E-state index contributed by atoms with van der Waals surface area (Å²) < 4.78 is 5.61. The van der Waals surface area contributed by atoms with Gasteiger partial charge in [0.1, 0.15) is 5.75 Å². The second-order valence-corrected chi connectivity index (χ2v) is 9.10. The number of carbonyl (C=O) groups is 2. The molecule has 4 aromatic carbocycles. The van der Waals surface area contributed by atoms with E-state index in [1.165, 1.54) is 11.8 Å². The number of carbonyl (C=O) groups excluding carboxylic acids is 2. The zero-order valence-corrected chi connectivity index (χ0v) is 20.6. The van der Waals surface area contributed by atoms with Crippen LogP contribution in [0.1, 0.15) is 5.56 Å². The van der Waals surface area contributed by atoms with Crippen LogP contribution in [-0.2, 0) is 9.59 Å². The molecule has 6 nitrogen and oxygen atoms in total. The molecular formula is C30H23N3O3S. The number of para-hydroxylation sites is 3. The Morgan fingerprint density at radius 2 is 1.46 bits per heavy atom. The average Bonchev–Trinajstić information content (AvgIpc) is 3.23. The lowest BCUT2D eigenvalue weighted by molar-refractivity contribution is -0.118. The van der Waals surface area contributed by atoms with Gasteiger partial charge in [-0.05, 0) is 71.9 Å². The number of amidine groups is 1. The molecule has 0 saturated carbocycles. The maximum absolute atomic E-state index is 13.4. The van der Waals surface area contributed by atoms with Crippen LogP contribution >= 0.6 is 11.8 Å². The lowest BCUT2D eigenvalue weighted by Crippen LogP contribution is -2.28. The highest BCUT2D eigenvalue weighted by Crippen LogP contribution is 2.37. The molecule has 0 radical (unpaired) electrons. The van der Waals surface area contributed by atoms with Gasteiger partial charge in [-0.3, -0.25) is 14.5 Å². The van der Waals surface area contributed by atoms with Gasteiger partial charge in [0.25, 0.3) is 11.8 Å². The predicted octanol–water partition coefficient (Wildman–Crippen LogP) is 6.51. The summed E-state index contributed by atoms with van der Waals surface area (Å²) >= 11 is 1.33. The van der Waals surface area contributed by atoms with E-state index in [2.05, 4.69) is 5.32 Å². The van der Waals surface area contributed by atoms with Crippen LogP contribution in [0.4, 0.5) is 17.1 Å². The smallest absolute Gasteiger partial charge is 0.271 e. The second kappa shape index (κ2) is 11.4. The van der Waals surface area contributed by atoms with E-state index in [9.17, 15) is 9.59 Å². The molecule has 1 N–H and O–H groups in total. The van der Waals surface area contributed by atoms with Crippen LogP contribution in [0.3, 0.4) is 0 Å². The number of rotatable bonds is 7. The van der Waals surface area contributed by atoms with Crippen molar-refractivity contribution in [3.63, 3.8) is 0 Å². The van der Waals surface area contributed by atoms with Crippen LogP contribution < -0.4 is 15.0 Å². The van der Waals surface area contributed by atoms with E-state index in [1.54, 1.807) is 17.0 Å². The quantitative estimate of drug-likeness (QED) is 0.291. The van der Waals surface area contributed by atoms with E-state index in [0.29, 0.717) is 15.8 Å². The van der Waals surface area contributed by atoms with Crippen molar-refractivity contribution in [2.45, 2.75) is 0 Å². The highest BCUT2D eigenvalue weighted by Gasteiger charge is 2.34. The van der Waals surface area contributed by atoms with Crippen LogP contribution in [-0.4, -0.2) is 23.6 Å². The number of aliphatic imine (C=N–C) groups is 1. The molecule has 1 heterocycles. The topological polar surface area (TPSA) is 71.0 Å². The lowest BCUT2D eigenvalue weighted by atomic mass is 10.2. The molecular weight excluding hydrogens is 482 g/mol. The molecule has 1 saturated heterocycles. The Kier molecular flexibility index (Phi) is 7.43. The number of benzene rings is 4. The molecule has 37 heavy (non-hydrogen) atoms. The fourth-order valence-electron chi connectivity index (χ4n) is 3.65. The van der Waals surface area contributed by atoms with Gasteiger partial charge in [-0.1, -0.05) is 66.7 Å². The largest absolute Gasteiger partial charge is 0.484 e. The molecule has 7 heteroatoms. The molecule has 182 valence electrons. The number of nitrogens with zero attached hydrogens (tertiary/aromatic N) is 2. The lowest BCUT2D eigenvalue weighted by Gasteiger charge is -2.15. The Morgan fingerprint density at radius 3 is 2.14 bits per heavy atom. The van der Waals surface area contributed by atoms with Crippen LogP contribution in [0.25, 0.3) is 6.08 Å². The van der Waals surface area contributed by atoms with E-state index < -0.39 is 0 Å². The maximum Gasteiger partial charge on any atom is 0.271 e. The molecule has 5 rings (SSSR count). The minimum atomic E-state index is -0.239. The first-order chi connectivity index (χ1) is 18.2. The molecule has 1 aliphatic rings. The number of thioether (sulfide) groups is 1. The van der Waals surface area contributed by atoms with E-state index in [1.807, 2.05) is 109 Å². The van der Waals surface area contributed by atoms with Gasteiger partial charge in [0, 0.05) is 5.69 Å². The van der Waals surface area contributed by atoms with Crippen molar-refractivity contribution >= 4 is 51.9 Å². The number of nitrogens with one attached hydrogen (secondary N) is 1. The normalized spacial score (nSPS) is 15.2. The molecule has 0 aromatic heterocycles. The summed E-state index contributed by atoms with van der Waals surface area (Å²) in [4.78, 5) is 32.4. The Labute approximate surface area is 219 Å². The highest BCUT2D eigenvalue weighted by atomic mass is 32.2. The molecule has 1 aliphatic heterocycles. The molecule has 0 spiro atoms. The van der Waals surface area contributed by atoms with Gasteiger partial charge in [-0.15, -0.1) is 0 Å². The van der Waals surface area contributed by atoms with E-state index in [-0.39, 0.29) is 18.4 Å². The highest BCUT2D eigenvalue weighted by molar-refractivity contribution is 8.19. The third-order valence-corrected chi connectivity index (χ3v) is 6.38. The van der Waals surface area contributed by atoms with Crippen molar-refractivity contribution in [1.82, 2.24) is 0 Å². The van der Waals surface area contributed by atoms with Gasteiger partial charge in [-0.25, -0.2) is 4.99 Å². The van der Waals surface area contributed by atoms with E-state index in [0.717, 1.165) is 22.6 Å². The van der Waals surface area contributed by atoms with Gasteiger partial charge in [-0.2, -0.15) is 0 Å². The summed E-state index contributed by atoms with van der Waals surface area (Å²) in [5, 5.41) is 3.38. The summed E-state index contributed by atoms with van der Waals surface area (Å²) in [6, 6.07) is 35.5. The number of amides is 2. The van der Waals surface area contributed by atoms with Gasteiger partial charge in [0.15, 0.2) is 11.8 Å². The number of anilines is 2. The van der Waals surface area contributed by atoms with Crippen molar-refractivity contribution < 1.29 is 14.3 Å². The first-order valence-electron chi connectivity index (χ1n) is 11.7. The van der Waals surface area contributed by atoms with Crippen LogP contribution in [0.5, 0.6) is 5.75 Å². The molecule has 0 bridgehead atoms. The minimum absolute atomic E-state index is 0.102. The van der Waals surface area contributed by atoms with Crippen LogP contribution in [0.2, 0.25) is 0 Å². The predicted molar refractivity (Wildman–Crippen MR) is 150 cm³/mol. The fraction of sp³-hybridized carbons (Fsp3) is 0.0333. The van der Waals surface area contributed by atoms with E-state index in [4.69, 9.17) is 9.73 Å². The average molecular weight is 506 g/mol. The van der Waals surface area contributed by atoms with Gasteiger partial charge >= 0.3 is 0 Å². The van der Waals surface area contributed by atoms with Crippen molar-refractivity contribution in [2.75, 3.05) is 16.8 Å². The Bertz CT molecular complexity index is 1440. The first kappa shape index (κ1) is 24.1. The minimum Gasteiger partial charge on any atom is -0.484 e. The van der Waals surface area contributed by atoms with Crippen molar-refractivity contribution in [2.24, 2.45) is 4.99 Å². The molecule has 0 aliphatic carbocycles. The second-order valence-electron chi connectivity index (χ2n) is 8.09. The molecule has 1 fully saturated rings. The molecule has 4 aromatic rings. The fourth-order valence-corrected chi connectivity index (χ4v) is 4.65. The van der Waals surface area contributed by atoms with Gasteiger partial charge in [0.05, 0.1) is 16.3 Å². The zero-order chi connectivity index (χ0) is 25.5. The summed E-state index contributed by atoms with van der Waals surface area (Å²) in [5.41, 5.74) is 3.09. The summed E-state index contributed by atoms with van der Waals surface area (Å²) in [6.07, 6.45) is 1.84. The summed E-state index contributed by atoms with van der Waals surface area (Å²) in [5.74, 6) is 0.188. The summed E-state index contributed by atoms with van der Waals surface area (Å²) in [6.45, 7) is -0.102. The van der Waals surface area contributed by atoms with Gasteiger partial charge < -0.3 is 10.1 Å². The standard InChI is InChI=1S/C30H23N3O3S/c34-28(31-23-10-4-1-5-11-23)21-36-26-18-16-22(17-19-26)20-27-29(35)33(25-14-8-3-9-15-25)30(37-27)32-24-12-6-2-7-13-24/h1-20H,21H2,(H,31,34)/b27-20+,32-30?. The zero-order valence-electron chi connectivity index (χ0n) is 19.8. The Hall–Kier alpha value is -4.62. The Balaban J connectivity index is 1.30. The number of ether oxygens (including phenoxy) is 1. The van der Waals surface area contributed by atoms with Gasteiger partial charge in [0.2, 0.25) is 0 Å². The maximum atomic E-state index is 13.4. The van der Waals surface area contributed by atoms with Crippen molar-refractivity contribution in [1.29, 1.82) is 0 Å². The number of hydrogen-bond acceptors (Lipinski definition) is 5. The molecule has 0 unspecified atom stereocenters. The molecule has 0 atom stereocenters. The Morgan fingerprint density at radius 1 is 0.838 bits per heavy atom. The van der Waals surface area contributed by atoms with Crippen LogP contribution in [0, 0.1) is 0 Å².